The Kier molecular flexibility index (Phi) is 5.04. The van der Waals surface area contributed by atoms with Crippen molar-refractivity contribution in [2.24, 2.45) is 0 Å². The fourth-order valence-corrected chi connectivity index (χ4v) is 2.76. The largest absolute Gasteiger partial charge is 0.480 e. The van der Waals surface area contributed by atoms with Crippen LogP contribution in [0.25, 0.3) is 0 Å². The molecule has 7 heteroatoms. The van der Waals surface area contributed by atoms with Gasteiger partial charge in [0.05, 0.1) is 11.0 Å². The molecule has 0 radical (unpaired) electrons. The maximum atomic E-state index is 12.0. The van der Waals surface area contributed by atoms with Crippen LogP contribution < -0.4 is 4.72 Å². The molecule has 1 aromatic carbocycles. The van der Waals surface area contributed by atoms with Gasteiger partial charge in [-0.25, -0.2) is 8.42 Å². The van der Waals surface area contributed by atoms with Crippen LogP contribution in [-0.2, 0) is 21.2 Å². The number of hydrogen-bond donors (Lipinski definition) is 3. The number of aryl methyl sites for hydroxylation is 1. The predicted octanol–water partition coefficient (Wildman–Crippen LogP) is 0.361. The van der Waals surface area contributed by atoms with E-state index in [1.54, 1.807) is 12.1 Å². The van der Waals surface area contributed by atoms with Crippen molar-refractivity contribution in [2.45, 2.75) is 37.3 Å². The first kappa shape index (κ1) is 15.6. The first-order valence-corrected chi connectivity index (χ1v) is 7.28. The molecule has 0 amide bonds. The van der Waals surface area contributed by atoms with Crippen molar-refractivity contribution in [1.29, 1.82) is 0 Å². The van der Waals surface area contributed by atoms with E-state index in [1.807, 2.05) is 11.6 Å². The lowest BCUT2D eigenvalue weighted by Crippen LogP contribution is -2.47. The van der Waals surface area contributed by atoms with Crippen molar-refractivity contribution in [1.82, 2.24) is 4.72 Å². The number of sulfonamides is 1. The molecule has 0 aliphatic carbocycles. The molecule has 2 atom stereocenters. The Morgan fingerprint density at radius 2 is 1.84 bits per heavy atom. The Morgan fingerprint density at radius 3 is 2.21 bits per heavy atom. The molecule has 0 saturated heterocycles. The van der Waals surface area contributed by atoms with Crippen LogP contribution >= 0.6 is 0 Å². The van der Waals surface area contributed by atoms with Gasteiger partial charge in [-0.05, 0) is 31.0 Å². The number of rotatable bonds is 6. The van der Waals surface area contributed by atoms with Crippen LogP contribution in [0.4, 0.5) is 0 Å². The summed E-state index contributed by atoms with van der Waals surface area (Å²) in [7, 11) is -3.97. The van der Waals surface area contributed by atoms with E-state index in [0.29, 0.717) is 0 Å². The van der Waals surface area contributed by atoms with Gasteiger partial charge in [0.2, 0.25) is 10.0 Å². The summed E-state index contributed by atoms with van der Waals surface area (Å²) in [5.74, 6) is -1.43. The van der Waals surface area contributed by atoms with E-state index in [9.17, 15) is 18.3 Å². The van der Waals surface area contributed by atoms with Gasteiger partial charge in [-0.1, -0.05) is 19.1 Å². The lowest BCUT2D eigenvalue weighted by molar-refractivity contribution is -0.141. The van der Waals surface area contributed by atoms with Gasteiger partial charge in [0.1, 0.15) is 6.04 Å². The van der Waals surface area contributed by atoms with E-state index in [-0.39, 0.29) is 4.90 Å². The van der Waals surface area contributed by atoms with E-state index in [2.05, 4.69) is 0 Å². The van der Waals surface area contributed by atoms with Crippen molar-refractivity contribution < 1.29 is 23.4 Å². The minimum atomic E-state index is -3.97. The van der Waals surface area contributed by atoms with Gasteiger partial charge in [-0.3, -0.25) is 4.79 Å². The zero-order valence-electron chi connectivity index (χ0n) is 10.7. The number of aliphatic hydroxyl groups excluding tert-OH is 1. The Labute approximate surface area is 112 Å². The Balaban J connectivity index is 2.99. The molecule has 0 spiro atoms. The number of hydrogen-bond acceptors (Lipinski definition) is 4. The first-order chi connectivity index (χ1) is 8.77. The highest BCUT2D eigenvalue weighted by Gasteiger charge is 2.29. The summed E-state index contributed by atoms with van der Waals surface area (Å²) in [5.41, 5.74) is 0.976. The zero-order chi connectivity index (χ0) is 14.6. The summed E-state index contributed by atoms with van der Waals surface area (Å²) in [5, 5.41) is 18.1. The number of aliphatic hydroxyl groups is 1. The van der Waals surface area contributed by atoms with Crippen LogP contribution in [0.5, 0.6) is 0 Å². The SMILES string of the molecule is CCc1ccc(S(=O)(=O)NC(C(=O)O)C(C)O)cc1. The molecule has 0 bridgehead atoms. The van der Waals surface area contributed by atoms with Gasteiger partial charge >= 0.3 is 5.97 Å². The molecule has 1 rings (SSSR count). The minimum absolute atomic E-state index is 0.0309. The molecular formula is C12H17NO5S. The molecule has 6 nitrogen and oxygen atoms in total. The van der Waals surface area contributed by atoms with E-state index in [4.69, 9.17) is 5.11 Å². The molecule has 19 heavy (non-hydrogen) atoms. The van der Waals surface area contributed by atoms with Crippen molar-refractivity contribution >= 4 is 16.0 Å². The third-order valence-corrected chi connectivity index (χ3v) is 4.13. The molecule has 0 heterocycles. The molecule has 106 valence electrons. The molecule has 0 saturated carbocycles. The number of carbonyl (C=O) groups is 1. The second kappa shape index (κ2) is 6.14. The molecule has 0 fully saturated rings. The highest BCUT2D eigenvalue weighted by Crippen LogP contribution is 2.12. The smallest absolute Gasteiger partial charge is 0.324 e. The van der Waals surface area contributed by atoms with Gasteiger partial charge < -0.3 is 10.2 Å². The van der Waals surface area contributed by atoms with Crippen molar-refractivity contribution in [2.75, 3.05) is 0 Å². The van der Waals surface area contributed by atoms with E-state index in [1.165, 1.54) is 19.1 Å². The van der Waals surface area contributed by atoms with Crippen LogP contribution in [0, 0.1) is 0 Å². The Bertz CT molecular complexity index is 536. The molecule has 0 aliphatic heterocycles. The fraction of sp³-hybridized carbons (Fsp3) is 0.417. The predicted molar refractivity (Wildman–Crippen MR) is 69.2 cm³/mol. The summed E-state index contributed by atoms with van der Waals surface area (Å²) in [6, 6.07) is 4.56. The van der Waals surface area contributed by atoms with Crippen LogP contribution in [0.2, 0.25) is 0 Å². The molecule has 0 aromatic heterocycles. The van der Waals surface area contributed by atoms with Gasteiger partial charge in [0, 0.05) is 0 Å². The number of nitrogens with one attached hydrogen (secondary N) is 1. The third kappa shape index (κ3) is 4.02. The monoisotopic (exact) mass is 287 g/mol. The Morgan fingerprint density at radius 1 is 1.32 bits per heavy atom. The lowest BCUT2D eigenvalue weighted by atomic mass is 10.2. The maximum Gasteiger partial charge on any atom is 0.324 e. The second-order valence-electron chi connectivity index (χ2n) is 4.18. The highest BCUT2D eigenvalue weighted by molar-refractivity contribution is 7.89. The zero-order valence-corrected chi connectivity index (χ0v) is 11.5. The van der Waals surface area contributed by atoms with Crippen LogP contribution in [0.3, 0.4) is 0 Å². The molecule has 3 N–H and O–H groups in total. The molecule has 1 aromatic rings. The summed E-state index contributed by atoms with van der Waals surface area (Å²) in [6.45, 7) is 3.15. The second-order valence-corrected chi connectivity index (χ2v) is 5.89. The van der Waals surface area contributed by atoms with Gasteiger partial charge in [-0.15, -0.1) is 0 Å². The number of aliphatic carboxylic acids is 1. The van der Waals surface area contributed by atoms with E-state index >= 15 is 0 Å². The summed E-state index contributed by atoms with van der Waals surface area (Å²) in [4.78, 5) is 10.8. The first-order valence-electron chi connectivity index (χ1n) is 5.80. The fourth-order valence-electron chi connectivity index (χ4n) is 1.49. The Hall–Kier alpha value is -1.44. The minimum Gasteiger partial charge on any atom is -0.480 e. The number of carboxylic acid groups (broad SMARTS) is 1. The third-order valence-electron chi connectivity index (χ3n) is 2.67. The maximum absolute atomic E-state index is 12.0. The topological polar surface area (TPSA) is 104 Å². The average molecular weight is 287 g/mol. The van der Waals surface area contributed by atoms with Crippen molar-refractivity contribution in [3.8, 4) is 0 Å². The number of carboxylic acids is 1. The van der Waals surface area contributed by atoms with E-state index < -0.39 is 28.1 Å². The summed E-state index contributed by atoms with van der Waals surface area (Å²) in [6.07, 6.45) is -0.554. The molecule has 0 aliphatic rings. The molecule has 2 unspecified atom stereocenters. The molecular weight excluding hydrogens is 270 g/mol. The standard InChI is InChI=1S/C12H17NO5S/c1-3-9-4-6-10(7-5-9)19(17,18)13-11(8(2)14)12(15)16/h4-8,11,13-14H,3H2,1-2H3,(H,15,16). The summed E-state index contributed by atoms with van der Waals surface area (Å²) < 4.78 is 25.9. The van der Waals surface area contributed by atoms with Gasteiger partial charge in [0.25, 0.3) is 0 Å². The van der Waals surface area contributed by atoms with Crippen LogP contribution in [-0.4, -0.2) is 36.7 Å². The van der Waals surface area contributed by atoms with Gasteiger partial charge in [0.15, 0.2) is 0 Å². The van der Waals surface area contributed by atoms with Crippen molar-refractivity contribution in [3.63, 3.8) is 0 Å². The van der Waals surface area contributed by atoms with Crippen LogP contribution in [0.1, 0.15) is 19.4 Å². The summed E-state index contributed by atoms with van der Waals surface area (Å²) >= 11 is 0. The van der Waals surface area contributed by atoms with Gasteiger partial charge in [-0.2, -0.15) is 4.72 Å². The lowest BCUT2D eigenvalue weighted by Gasteiger charge is -2.17. The van der Waals surface area contributed by atoms with Crippen LogP contribution in [0.15, 0.2) is 29.2 Å². The van der Waals surface area contributed by atoms with Crippen molar-refractivity contribution in [3.05, 3.63) is 29.8 Å². The number of benzene rings is 1. The highest BCUT2D eigenvalue weighted by atomic mass is 32.2. The average Bonchev–Trinajstić information content (AvgIpc) is 2.35. The quantitative estimate of drug-likeness (QED) is 0.701. The normalized spacial score (nSPS) is 14.9. The van der Waals surface area contributed by atoms with E-state index in [0.717, 1.165) is 12.0 Å².